The average molecular weight is 240 g/mol. The molecule has 2 atom stereocenters. The van der Waals surface area contributed by atoms with Crippen LogP contribution in [-0.4, -0.2) is 19.7 Å². The molecule has 0 saturated heterocycles. The Labute approximate surface area is 102 Å². The molecule has 0 aliphatic carbocycles. The van der Waals surface area contributed by atoms with Crippen LogP contribution in [0.1, 0.15) is 37.0 Å². The number of hydrogen-bond acceptors (Lipinski definition) is 2. The maximum Gasteiger partial charge on any atom is 0.0951 e. The van der Waals surface area contributed by atoms with Crippen molar-refractivity contribution < 1.29 is 4.74 Å². The first-order valence-electron chi connectivity index (χ1n) is 5.84. The summed E-state index contributed by atoms with van der Waals surface area (Å²) < 4.78 is 5.77. The second kappa shape index (κ2) is 5.17. The van der Waals surface area contributed by atoms with Gasteiger partial charge in [-0.05, 0) is 36.1 Å². The van der Waals surface area contributed by atoms with Crippen LogP contribution >= 0.6 is 11.6 Å². The van der Waals surface area contributed by atoms with Crippen molar-refractivity contribution >= 4 is 11.6 Å². The lowest BCUT2D eigenvalue weighted by Crippen LogP contribution is -2.22. The summed E-state index contributed by atoms with van der Waals surface area (Å²) in [4.78, 5) is 0. The highest BCUT2D eigenvalue weighted by atomic mass is 35.5. The fourth-order valence-electron chi connectivity index (χ4n) is 2.27. The van der Waals surface area contributed by atoms with Crippen LogP contribution < -0.4 is 5.32 Å². The predicted octanol–water partition coefficient (Wildman–Crippen LogP) is 3.12. The topological polar surface area (TPSA) is 21.3 Å². The zero-order valence-corrected chi connectivity index (χ0v) is 10.6. The third-order valence-electron chi connectivity index (χ3n) is 3.07. The quantitative estimate of drug-likeness (QED) is 0.856. The Morgan fingerprint density at radius 3 is 2.94 bits per heavy atom. The Morgan fingerprint density at radius 1 is 1.38 bits per heavy atom. The first kappa shape index (κ1) is 11.9. The molecule has 2 unspecified atom stereocenters. The maximum absolute atomic E-state index is 6.06. The van der Waals surface area contributed by atoms with Gasteiger partial charge in [0.25, 0.3) is 0 Å². The molecule has 0 amide bonds. The molecule has 1 aliphatic heterocycles. The fourth-order valence-corrected chi connectivity index (χ4v) is 2.45. The van der Waals surface area contributed by atoms with Crippen LogP contribution in [0.2, 0.25) is 5.02 Å². The van der Waals surface area contributed by atoms with Crippen LogP contribution in [0, 0.1) is 0 Å². The standard InChI is InChI=1S/C13H18ClNO/c1-3-16-13-8-15-7-9(2)12-6-10(14)4-5-11(12)13/h4-6,9,13,15H,3,7-8H2,1-2H3. The van der Waals surface area contributed by atoms with Crippen molar-refractivity contribution in [2.24, 2.45) is 0 Å². The summed E-state index contributed by atoms with van der Waals surface area (Å²) >= 11 is 6.06. The van der Waals surface area contributed by atoms with E-state index in [1.54, 1.807) is 0 Å². The monoisotopic (exact) mass is 239 g/mol. The molecule has 1 heterocycles. The van der Waals surface area contributed by atoms with Gasteiger partial charge in [0.1, 0.15) is 0 Å². The molecule has 1 aliphatic rings. The zero-order chi connectivity index (χ0) is 11.5. The molecule has 0 saturated carbocycles. The van der Waals surface area contributed by atoms with Crippen LogP contribution in [0.3, 0.4) is 0 Å². The van der Waals surface area contributed by atoms with Crippen LogP contribution in [0.5, 0.6) is 0 Å². The summed E-state index contributed by atoms with van der Waals surface area (Å²) in [5.74, 6) is 0.485. The van der Waals surface area contributed by atoms with E-state index in [0.29, 0.717) is 5.92 Å². The van der Waals surface area contributed by atoms with Gasteiger partial charge in [-0.15, -0.1) is 0 Å². The van der Waals surface area contributed by atoms with Crippen LogP contribution in [0.15, 0.2) is 18.2 Å². The molecule has 1 aromatic carbocycles. The summed E-state index contributed by atoms with van der Waals surface area (Å²) in [6.07, 6.45) is 0.155. The number of benzene rings is 1. The second-order valence-electron chi connectivity index (χ2n) is 4.28. The van der Waals surface area contributed by atoms with Crippen molar-refractivity contribution in [3.05, 3.63) is 34.3 Å². The van der Waals surface area contributed by atoms with Gasteiger partial charge in [-0.3, -0.25) is 0 Å². The first-order chi connectivity index (χ1) is 7.72. The van der Waals surface area contributed by atoms with E-state index in [4.69, 9.17) is 16.3 Å². The Morgan fingerprint density at radius 2 is 2.19 bits per heavy atom. The average Bonchev–Trinajstić information content (AvgIpc) is 2.41. The summed E-state index contributed by atoms with van der Waals surface area (Å²) in [6, 6.07) is 6.12. The Balaban J connectivity index is 2.39. The van der Waals surface area contributed by atoms with Gasteiger partial charge in [-0.2, -0.15) is 0 Å². The van der Waals surface area contributed by atoms with Crippen molar-refractivity contribution in [1.29, 1.82) is 0 Å². The number of hydrogen-bond donors (Lipinski definition) is 1. The minimum atomic E-state index is 0.155. The maximum atomic E-state index is 6.06. The molecule has 1 aromatic rings. The first-order valence-corrected chi connectivity index (χ1v) is 6.21. The van der Waals surface area contributed by atoms with Gasteiger partial charge < -0.3 is 10.1 Å². The van der Waals surface area contributed by atoms with E-state index in [-0.39, 0.29) is 6.10 Å². The largest absolute Gasteiger partial charge is 0.372 e. The fraction of sp³-hybridized carbons (Fsp3) is 0.538. The predicted molar refractivity (Wildman–Crippen MR) is 67.1 cm³/mol. The molecule has 0 aromatic heterocycles. The van der Waals surface area contributed by atoms with Crippen LogP contribution in [-0.2, 0) is 4.74 Å². The normalized spacial score (nSPS) is 24.9. The van der Waals surface area contributed by atoms with E-state index in [1.807, 2.05) is 13.0 Å². The van der Waals surface area contributed by atoms with Crippen molar-refractivity contribution in [3.8, 4) is 0 Å². The van der Waals surface area contributed by atoms with E-state index in [1.165, 1.54) is 11.1 Å². The second-order valence-corrected chi connectivity index (χ2v) is 4.71. The van der Waals surface area contributed by atoms with Crippen molar-refractivity contribution in [2.45, 2.75) is 25.9 Å². The Bertz CT molecular complexity index is 367. The number of ether oxygens (including phenoxy) is 1. The molecule has 2 rings (SSSR count). The van der Waals surface area contributed by atoms with Crippen molar-refractivity contribution in [3.63, 3.8) is 0 Å². The third kappa shape index (κ3) is 2.40. The van der Waals surface area contributed by atoms with Gasteiger partial charge in [0.15, 0.2) is 0 Å². The van der Waals surface area contributed by atoms with Gasteiger partial charge in [-0.1, -0.05) is 24.6 Å². The summed E-state index contributed by atoms with van der Waals surface area (Å²) in [5, 5.41) is 4.24. The highest BCUT2D eigenvalue weighted by Crippen LogP contribution is 2.31. The molecule has 2 nitrogen and oxygen atoms in total. The number of rotatable bonds is 2. The highest BCUT2D eigenvalue weighted by Gasteiger charge is 2.22. The zero-order valence-electron chi connectivity index (χ0n) is 9.79. The minimum Gasteiger partial charge on any atom is -0.372 e. The molecule has 0 spiro atoms. The third-order valence-corrected chi connectivity index (χ3v) is 3.31. The van der Waals surface area contributed by atoms with Gasteiger partial charge in [0.05, 0.1) is 6.10 Å². The number of nitrogens with one attached hydrogen (secondary N) is 1. The summed E-state index contributed by atoms with van der Waals surface area (Å²) in [7, 11) is 0. The van der Waals surface area contributed by atoms with E-state index < -0.39 is 0 Å². The lowest BCUT2D eigenvalue weighted by atomic mass is 9.94. The minimum absolute atomic E-state index is 0.155. The SMILES string of the molecule is CCOC1CNCC(C)c2cc(Cl)ccc21. The van der Waals surface area contributed by atoms with Crippen molar-refractivity contribution in [1.82, 2.24) is 5.32 Å². The molecular weight excluding hydrogens is 222 g/mol. The lowest BCUT2D eigenvalue weighted by Gasteiger charge is -2.18. The molecule has 0 radical (unpaired) electrons. The van der Waals surface area contributed by atoms with Crippen molar-refractivity contribution in [2.75, 3.05) is 19.7 Å². The van der Waals surface area contributed by atoms with Gasteiger partial charge in [0, 0.05) is 24.7 Å². The van der Waals surface area contributed by atoms with Crippen LogP contribution in [0.25, 0.3) is 0 Å². The van der Waals surface area contributed by atoms with Gasteiger partial charge in [-0.25, -0.2) is 0 Å². The van der Waals surface area contributed by atoms with E-state index in [0.717, 1.165) is 24.7 Å². The molecule has 0 bridgehead atoms. The lowest BCUT2D eigenvalue weighted by molar-refractivity contribution is 0.0640. The highest BCUT2D eigenvalue weighted by molar-refractivity contribution is 6.30. The van der Waals surface area contributed by atoms with Crippen LogP contribution in [0.4, 0.5) is 0 Å². The molecule has 88 valence electrons. The molecule has 3 heteroatoms. The smallest absolute Gasteiger partial charge is 0.0951 e. The molecule has 1 N–H and O–H groups in total. The molecule has 0 fully saturated rings. The summed E-state index contributed by atoms with van der Waals surface area (Å²) in [6.45, 7) is 6.85. The molecular formula is C13H18ClNO. The van der Waals surface area contributed by atoms with Gasteiger partial charge in [0.2, 0.25) is 0 Å². The number of fused-ring (bicyclic) bond motifs is 1. The Hall–Kier alpha value is -0.570. The van der Waals surface area contributed by atoms with E-state index >= 15 is 0 Å². The number of halogens is 1. The van der Waals surface area contributed by atoms with Gasteiger partial charge >= 0.3 is 0 Å². The summed E-state index contributed by atoms with van der Waals surface area (Å²) in [5.41, 5.74) is 2.60. The Kier molecular flexibility index (Phi) is 3.85. The van der Waals surface area contributed by atoms with E-state index in [2.05, 4.69) is 24.4 Å². The van der Waals surface area contributed by atoms with E-state index in [9.17, 15) is 0 Å². The molecule has 16 heavy (non-hydrogen) atoms.